The predicted octanol–water partition coefficient (Wildman–Crippen LogP) is 22.5. The Bertz CT molecular complexity index is 2790. The number of fused-ring (bicyclic) bond motifs is 6. The first kappa shape index (κ1) is 58.4. The second-order valence-electron chi connectivity index (χ2n) is 25.1. The highest BCUT2D eigenvalue weighted by Gasteiger charge is 2.57. The standard InChI is InChI=1S/C77H102N2/c1-9-16-20-31-52-75(53-32-21-17-10-2)69-38-28-27-37-67(69)68-50-49-65(58-72(68)75)78(57-13-5)63-47-43-61(44-48-63)60-41-45-62(46-42-60)77(14-6,15-7)79(64-35-25-24-26-36-64)66-51-56-74(8)70-39-29-30-40-71(70)76(73(74)59-66,54-33-22-18-11-3)55-34-23-19-12-4/h24-25,27,29-30,35,37,39-41,43-45,47-51,56,58-59,73H,9-23,26,31-34,36,42,46,52-55,57H2,1-8H3. The lowest BCUT2D eigenvalue weighted by Crippen LogP contribution is -2.50. The van der Waals surface area contributed by atoms with E-state index in [1.807, 2.05) is 0 Å². The number of unbranched alkanes of at least 4 members (excludes halogenated alkanes) is 12. The van der Waals surface area contributed by atoms with Crippen LogP contribution in [0.4, 0.5) is 11.4 Å². The Balaban J connectivity index is 1.03. The molecule has 0 saturated heterocycles. The van der Waals surface area contributed by atoms with Gasteiger partial charge in [-0.05, 0) is 164 Å². The lowest BCUT2D eigenvalue weighted by atomic mass is 9.61. The van der Waals surface area contributed by atoms with Gasteiger partial charge in [-0.3, -0.25) is 0 Å². The molecule has 9 rings (SSSR count). The summed E-state index contributed by atoms with van der Waals surface area (Å²) in [5, 5.41) is 0. The Morgan fingerprint density at radius 1 is 0.595 bits per heavy atom. The second kappa shape index (κ2) is 27.0. The maximum absolute atomic E-state index is 3.73. The average molecular weight is 1060 g/mol. The monoisotopic (exact) mass is 1050 g/mol. The van der Waals surface area contributed by atoms with E-state index in [9.17, 15) is 0 Å². The van der Waals surface area contributed by atoms with E-state index in [0.717, 1.165) is 51.5 Å². The minimum absolute atomic E-state index is 0.00289. The largest absolute Gasteiger partial charge is 0.341 e. The summed E-state index contributed by atoms with van der Waals surface area (Å²) in [7, 11) is 0. The minimum Gasteiger partial charge on any atom is -0.341 e. The highest BCUT2D eigenvalue weighted by atomic mass is 15.2. The zero-order valence-corrected chi connectivity index (χ0v) is 50.9. The van der Waals surface area contributed by atoms with Crippen molar-refractivity contribution in [2.45, 2.75) is 251 Å². The zero-order valence-electron chi connectivity index (χ0n) is 50.9. The van der Waals surface area contributed by atoms with Crippen LogP contribution >= 0.6 is 0 Å². The van der Waals surface area contributed by atoms with Gasteiger partial charge in [-0.25, -0.2) is 0 Å². The first-order chi connectivity index (χ1) is 38.7. The van der Waals surface area contributed by atoms with E-state index < -0.39 is 0 Å². The summed E-state index contributed by atoms with van der Waals surface area (Å²) in [6, 6.07) is 38.4. The molecular weight excluding hydrogens is 953 g/mol. The third-order valence-electron chi connectivity index (χ3n) is 20.4. The molecule has 0 aliphatic heterocycles. The SMILES string of the molecule is CCCCCCC1(CCCCCC)c2c#cccc2-c2ccc(N(CCC)c3ccc(C4=CC=C(C(CC)(CC)N(C5=CC6C(C)(C=C5)c5ccccc5C6(CCCCCC)CCCCCC)C5=CC=CCC5)CC4)cc3)cc21. The number of benzene rings is 3. The van der Waals surface area contributed by atoms with Crippen molar-refractivity contribution in [3.63, 3.8) is 0 Å². The topological polar surface area (TPSA) is 6.48 Å². The van der Waals surface area contributed by atoms with E-state index in [1.165, 1.54) is 185 Å². The molecule has 2 unspecified atom stereocenters. The van der Waals surface area contributed by atoms with E-state index in [-0.39, 0.29) is 21.8 Å². The second-order valence-corrected chi connectivity index (χ2v) is 25.1. The summed E-state index contributed by atoms with van der Waals surface area (Å²) in [4.78, 5) is 5.49. The number of hydrogen-bond donors (Lipinski definition) is 0. The van der Waals surface area contributed by atoms with Gasteiger partial charge in [0, 0.05) is 57.0 Å². The fourth-order valence-corrected chi connectivity index (χ4v) is 16.1. The molecule has 0 aromatic heterocycles. The quantitative estimate of drug-likeness (QED) is 0.0464. The van der Waals surface area contributed by atoms with Gasteiger partial charge in [-0.2, -0.15) is 0 Å². The number of nitrogens with zero attached hydrogens (tertiary/aromatic N) is 2. The molecule has 2 heteroatoms. The Labute approximate surface area is 482 Å². The van der Waals surface area contributed by atoms with Gasteiger partial charge in [-0.15, -0.1) is 0 Å². The third kappa shape index (κ3) is 11.7. The number of allylic oxidation sites excluding steroid dienone is 10. The molecule has 4 aromatic rings. The van der Waals surface area contributed by atoms with Gasteiger partial charge in [0.1, 0.15) is 0 Å². The van der Waals surface area contributed by atoms with Crippen LogP contribution in [0.1, 0.15) is 257 Å². The highest BCUT2D eigenvalue weighted by molar-refractivity contribution is 5.83. The van der Waals surface area contributed by atoms with Crippen LogP contribution in [0, 0.1) is 18.1 Å². The Kier molecular flexibility index (Phi) is 20.0. The van der Waals surface area contributed by atoms with Crippen LogP contribution in [0.15, 0.2) is 144 Å². The molecule has 0 spiro atoms. The van der Waals surface area contributed by atoms with Gasteiger partial charge in [0.2, 0.25) is 0 Å². The van der Waals surface area contributed by atoms with Gasteiger partial charge in [0.15, 0.2) is 0 Å². The Morgan fingerprint density at radius 2 is 1.24 bits per heavy atom. The zero-order chi connectivity index (χ0) is 55.3. The molecule has 0 heterocycles. The van der Waals surface area contributed by atoms with E-state index in [2.05, 4.69) is 205 Å². The van der Waals surface area contributed by atoms with Crippen LogP contribution in [0.5, 0.6) is 0 Å². The van der Waals surface area contributed by atoms with Crippen LogP contribution in [0.3, 0.4) is 0 Å². The molecule has 2 nitrogen and oxygen atoms in total. The van der Waals surface area contributed by atoms with Crippen LogP contribution in [-0.4, -0.2) is 17.0 Å². The molecular formula is C77H102N2. The van der Waals surface area contributed by atoms with E-state index in [4.69, 9.17) is 0 Å². The lowest BCUT2D eigenvalue weighted by Gasteiger charge is -2.51. The van der Waals surface area contributed by atoms with E-state index in [0.29, 0.717) is 5.92 Å². The molecule has 5 aliphatic rings. The van der Waals surface area contributed by atoms with Gasteiger partial charge in [0.25, 0.3) is 0 Å². The molecule has 4 aromatic carbocycles. The first-order valence-electron chi connectivity index (χ1n) is 32.7. The maximum atomic E-state index is 3.73. The highest BCUT2D eigenvalue weighted by Crippen LogP contribution is 2.62. The average Bonchev–Trinajstić information content (AvgIpc) is 4.06. The normalized spacial score (nSPS) is 19.4. The van der Waals surface area contributed by atoms with Gasteiger partial charge < -0.3 is 9.80 Å². The smallest absolute Gasteiger partial charge is 0.0657 e. The molecule has 0 bridgehead atoms. The van der Waals surface area contributed by atoms with Gasteiger partial charge in [0.05, 0.1) is 5.54 Å². The summed E-state index contributed by atoms with van der Waals surface area (Å²) >= 11 is 0. The first-order valence-corrected chi connectivity index (χ1v) is 32.7. The minimum atomic E-state index is -0.125. The molecule has 0 N–H and O–H groups in total. The molecule has 0 radical (unpaired) electrons. The molecule has 79 heavy (non-hydrogen) atoms. The van der Waals surface area contributed by atoms with Crippen molar-refractivity contribution in [3.8, 4) is 11.1 Å². The number of hydrogen-bond acceptors (Lipinski definition) is 2. The van der Waals surface area contributed by atoms with Crippen molar-refractivity contribution in [3.05, 3.63) is 184 Å². The molecule has 5 aliphatic carbocycles. The van der Waals surface area contributed by atoms with Crippen molar-refractivity contribution in [2.75, 3.05) is 11.4 Å². The van der Waals surface area contributed by atoms with Crippen molar-refractivity contribution in [2.24, 2.45) is 5.92 Å². The molecule has 2 atom stereocenters. The molecule has 0 amide bonds. The fourth-order valence-electron chi connectivity index (χ4n) is 16.1. The maximum Gasteiger partial charge on any atom is 0.0657 e. The fraction of sp³-hybridized carbons (Fsp3) is 0.532. The lowest BCUT2D eigenvalue weighted by molar-refractivity contribution is 0.178. The van der Waals surface area contributed by atoms with E-state index >= 15 is 0 Å². The van der Waals surface area contributed by atoms with Crippen LogP contribution in [0.2, 0.25) is 0 Å². The van der Waals surface area contributed by atoms with Crippen molar-refractivity contribution in [1.82, 2.24) is 4.90 Å². The summed E-state index contributed by atoms with van der Waals surface area (Å²) < 4.78 is 0. The third-order valence-corrected chi connectivity index (χ3v) is 20.4. The summed E-state index contributed by atoms with van der Waals surface area (Å²) in [5.41, 5.74) is 18.9. The van der Waals surface area contributed by atoms with Crippen molar-refractivity contribution < 1.29 is 0 Å². The van der Waals surface area contributed by atoms with Crippen molar-refractivity contribution >= 4 is 16.9 Å². The molecule has 0 saturated carbocycles. The summed E-state index contributed by atoms with van der Waals surface area (Å²) in [5.74, 6) is 0.420. The van der Waals surface area contributed by atoms with Gasteiger partial charge in [-0.1, -0.05) is 249 Å². The number of rotatable bonds is 31. The molecule has 0 fully saturated rings. The van der Waals surface area contributed by atoms with Crippen LogP contribution in [0.25, 0.3) is 16.7 Å². The van der Waals surface area contributed by atoms with E-state index in [1.54, 1.807) is 16.7 Å². The summed E-state index contributed by atoms with van der Waals surface area (Å²) in [6.45, 7) is 20.2. The Morgan fingerprint density at radius 3 is 1.84 bits per heavy atom. The van der Waals surface area contributed by atoms with Crippen LogP contribution < -0.4 is 4.90 Å². The molecule has 420 valence electrons. The van der Waals surface area contributed by atoms with Gasteiger partial charge >= 0.3 is 0 Å². The number of anilines is 2. The Hall–Kier alpha value is -5.26. The van der Waals surface area contributed by atoms with Crippen LogP contribution in [-0.2, 0) is 16.2 Å². The predicted molar refractivity (Wildman–Crippen MR) is 342 cm³/mol. The van der Waals surface area contributed by atoms with Crippen molar-refractivity contribution in [1.29, 1.82) is 0 Å². The summed E-state index contributed by atoms with van der Waals surface area (Å²) in [6.07, 6.45) is 53.6.